The van der Waals surface area contributed by atoms with Gasteiger partial charge in [0.05, 0.1) is 12.2 Å². The molecule has 2 aliphatic rings. The molecule has 0 aliphatic carbocycles. The van der Waals surface area contributed by atoms with Crippen LogP contribution in [0.4, 0.5) is 0 Å². The number of fused-ring (bicyclic) bond motifs is 1. The number of carbonyl (C=O) groups excluding carboxylic acids is 2. The fraction of sp³-hybridized carbons (Fsp3) is 0.333. The summed E-state index contributed by atoms with van der Waals surface area (Å²) in [5.41, 5.74) is 2.32. The maximum Gasteiger partial charge on any atom is 0.349 e. The second kappa shape index (κ2) is 9.87. The Kier molecular flexibility index (Phi) is 6.76. The lowest BCUT2D eigenvalue weighted by molar-refractivity contribution is -0.130. The molecular formula is C24H27N3O4. The fourth-order valence-electron chi connectivity index (χ4n) is 3.90. The van der Waals surface area contributed by atoms with Crippen molar-refractivity contribution in [3.8, 4) is 16.9 Å². The molecule has 2 aliphatic heterocycles. The number of rotatable bonds is 7. The molecule has 162 valence electrons. The smallest absolute Gasteiger partial charge is 0.349 e. The van der Waals surface area contributed by atoms with Crippen LogP contribution >= 0.6 is 0 Å². The van der Waals surface area contributed by atoms with E-state index >= 15 is 0 Å². The van der Waals surface area contributed by atoms with Crippen LogP contribution < -0.4 is 10.1 Å². The fourth-order valence-corrected chi connectivity index (χ4v) is 3.90. The Morgan fingerprint density at radius 1 is 0.935 bits per heavy atom. The third kappa shape index (κ3) is 5.02. The molecule has 0 aromatic heterocycles. The topological polar surface area (TPSA) is 82.1 Å². The highest BCUT2D eigenvalue weighted by molar-refractivity contribution is 6.27. The minimum atomic E-state index is -0.630. The zero-order chi connectivity index (χ0) is 21.6. The van der Waals surface area contributed by atoms with E-state index in [2.05, 4.69) is 15.1 Å². The van der Waals surface area contributed by atoms with E-state index in [1.807, 2.05) is 36.4 Å². The predicted molar refractivity (Wildman–Crippen MR) is 118 cm³/mol. The maximum absolute atomic E-state index is 13.0. The molecule has 0 atom stereocenters. The number of ether oxygens (including phenoxy) is 1. The summed E-state index contributed by atoms with van der Waals surface area (Å²) in [7, 11) is 0. The monoisotopic (exact) mass is 421 g/mol. The van der Waals surface area contributed by atoms with Crippen molar-refractivity contribution in [3.05, 3.63) is 65.9 Å². The van der Waals surface area contributed by atoms with Gasteiger partial charge in [-0.2, -0.15) is 0 Å². The van der Waals surface area contributed by atoms with Crippen LogP contribution in [-0.2, 0) is 4.79 Å². The van der Waals surface area contributed by atoms with Crippen LogP contribution in [-0.4, -0.2) is 79.1 Å². The zero-order valence-electron chi connectivity index (χ0n) is 17.4. The van der Waals surface area contributed by atoms with Gasteiger partial charge in [-0.1, -0.05) is 36.4 Å². The van der Waals surface area contributed by atoms with Gasteiger partial charge in [-0.3, -0.25) is 14.6 Å². The van der Waals surface area contributed by atoms with E-state index in [-0.39, 0.29) is 18.0 Å². The van der Waals surface area contributed by atoms with Crippen LogP contribution in [0.1, 0.15) is 10.4 Å². The number of nitrogens with zero attached hydrogens (tertiary/aromatic N) is 2. The average Bonchev–Trinajstić information content (AvgIpc) is 2.80. The summed E-state index contributed by atoms with van der Waals surface area (Å²) in [6.07, 6.45) is 1.48. The molecule has 31 heavy (non-hydrogen) atoms. The number of aliphatic hydroxyl groups is 1. The van der Waals surface area contributed by atoms with Crippen LogP contribution in [0.15, 0.2) is 60.3 Å². The molecule has 0 unspecified atom stereocenters. The second-order valence-corrected chi connectivity index (χ2v) is 7.71. The first-order valence-electron chi connectivity index (χ1n) is 10.6. The number of Topliss-reactive ketones (excluding diaryl/α,β-unsaturated/α-hetero) is 1. The van der Waals surface area contributed by atoms with E-state index in [4.69, 9.17) is 9.84 Å². The molecule has 1 fully saturated rings. The number of hydrogen-bond acceptors (Lipinski definition) is 7. The summed E-state index contributed by atoms with van der Waals surface area (Å²) in [6, 6.07) is 15.1. The van der Waals surface area contributed by atoms with Crippen molar-refractivity contribution in [3.63, 3.8) is 0 Å². The summed E-state index contributed by atoms with van der Waals surface area (Å²) in [5, 5.41) is 12.1. The van der Waals surface area contributed by atoms with E-state index in [1.165, 1.54) is 6.20 Å². The lowest BCUT2D eigenvalue weighted by Crippen LogP contribution is -2.48. The van der Waals surface area contributed by atoms with Gasteiger partial charge in [0.1, 0.15) is 11.3 Å². The molecule has 7 nitrogen and oxygen atoms in total. The highest BCUT2D eigenvalue weighted by atomic mass is 16.5. The molecule has 2 aromatic rings. The van der Waals surface area contributed by atoms with Gasteiger partial charge in [-0.05, 0) is 23.3 Å². The van der Waals surface area contributed by atoms with E-state index in [0.717, 1.165) is 50.4 Å². The summed E-state index contributed by atoms with van der Waals surface area (Å²) in [6.45, 7) is 6.10. The summed E-state index contributed by atoms with van der Waals surface area (Å²) < 4.78 is 5.38. The zero-order valence-corrected chi connectivity index (χ0v) is 17.4. The van der Waals surface area contributed by atoms with Crippen molar-refractivity contribution in [2.75, 3.05) is 52.4 Å². The van der Waals surface area contributed by atoms with Crippen LogP contribution in [0.2, 0.25) is 0 Å². The van der Waals surface area contributed by atoms with Crippen molar-refractivity contribution in [1.29, 1.82) is 0 Å². The van der Waals surface area contributed by atoms with Gasteiger partial charge in [-0.25, -0.2) is 4.79 Å². The van der Waals surface area contributed by atoms with Crippen LogP contribution in [0, 0.1) is 0 Å². The number of esters is 1. The number of carbonyl (C=O) groups is 2. The molecule has 0 spiro atoms. The predicted octanol–water partition coefficient (Wildman–Crippen LogP) is 1.54. The molecule has 4 rings (SSSR count). The first-order valence-corrected chi connectivity index (χ1v) is 10.6. The van der Waals surface area contributed by atoms with Crippen molar-refractivity contribution in [2.45, 2.75) is 0 Å². The molecular weight excluding hydrogens is 394 g/mol. The van der Waals surface area contributed by atoms with Gasteiger partial charge in [0.15, 0.2) is 0 Å². The highest BCUT2D eigenvalue weighted by Crippen LogP contribution is 2.32. The molecule has 2 heterocycles. The summed E-state index contributed by atoms with van der Waals surface area (Å²) in [4.78, 5) is 29.8. The molecule has 0 amide bonds. The van der Waals surface area contributed by atoms with E-state index in [1.54, 1.807) is 12.1 Å². The van der Waals surface area contributed by atoms with E-state index in [9.17, 15) is 9.59 Å². The number of β-amino-alcohol motifs (C(OH)–C–C–N with tert-alkyl or cyclic N) is 1. The Labute approximate surface area is 181 Å². The van der Waals surface area contributed by atoms with Gasteiger partial charge in [-0.15, -0.1) is 0 Å². The highest BCUT2D eigenvalue weighted by Gasteiger charge is 2.31. The van der Waals surface area contributed by atoms with Gasteiger partial charge in [0, 0.05) is 52.0 Å². The minimum Gasteiger partial charge on any atom is -0.422 e. The number of ketones is 1. The number of benzene rings is 2. The van der Waals surface area contributed by atoms with E-state index < -0.39 is 5.97 Å². The Balaban J connectivity index is 1.37. The third-order valence-corrected chi connectivity index (χ3v) is 5.70. The van der Waals surface area contributed by atoms with Gasteiger partial charge in [0.2, 0.25) is 5.78 Å². The Morgan fingerprint density at radius 2 is 1.65 bits per heavy atom. The van der Waals surface area contributed by atoms with Crippen LogP contribution in [0.5, 0.6) is 5.75 Å². The van der Waals surface area contributed by atoms with Gasteiger partial charge in [0.25, 0.3) is 0 Å². The lowest BCUT2D eigenvalue weighted by atomic mass is 9.96. The average molecular weight is 421 g/mol. The second-order valence-electron chi connectivity index (χ2n) is 7.71. The lowest BCUT2D eigenvalue weighted by Gasteiger charge is -2.34. The molecule has 0 radical (unpaired) electrons. The standard InChI is InChI=1S/C24H27N3O4/c28-15-14-27-12-10-26(11-13-27)9-8-25-17-21-23(29)20-16-19(18-4-2-1-3-5-18)6-7-22(20)31-24(21)30/h1-7,16-17,25,28H,8-15H2/b21-17-. The van der Waals surface area contributed by atoms with Crippen LogP contribution in [0.3, 0.4) is 0 Å². The molecule has 1 saturated heterocycles. The quantitative estimate of drug-likeness (QED) is 0.231. The summed E-state index contributed by atoms with van der Waals surface area (Å²) >= 11 is 0. The Morgan fingerprint density at radius 3 is 2.35 bits per heavy atom. The van der Waals surface area contributed by atoms with Crippen molar-refractivity contribution < 1.29 is 19.4 Å². The van der Waals surface area contributed by atoms with Crippen molar-refractivity contribution in [2.24, 2.45) is 0 Å². The molecule has 0 bridgehead atoms. The normalized spacial score (nSPS) is 18.7. The van der Waals surface area contributed by atoms with E-state index in [0.29, 0.717) is 17.9 Å². The number of nitrogens with one attached hydrogen (secondary N) is 1. The largest absolute Gasteiger partial charge is 0.422 e. The third-order valence-electron chi connectivity index (χ3n) is 5.70. The van der Waals surface area contributed by atoms with Gasteiger partial charge >= 0.3 is 5.97 Å². The summed E-state index contributed by atoms with van der Waals surface area (Å²) in [5.74, 6) is -0.656. The molecule has 2 aromatic carbocycles. The van der Waals surface area contributed by atoms with Crippen LogP contribution in [0.25, 0.3) is 11.1 Å². The SMILES string of the molecule is O=C1Oc2ccc(-c3ccccc3)cc2C(=O)/C1=C/NCCN1CCN(CCO)CC1. The van der Waals surface area contributed by atoms with Gasteiger partial charge < -0.3 is 15.2 Å². The molecule has 7 heteroatoms. The maximum atomic E-state index is 13.0. The number of hydrogen-bond donors (Lipinski definition) is 2. The number of aliphatic hydroxyl groups excluding tert-OH is 1. The first-order chi connectivity index (χ1) is 15.2. The Hall–Kier alpha value is -3.00. The molecule has 2 N–H and O–H groups in total. The minimum absolute atomic E-state index is 0.0190. The molecule has 0 saturated carbocycles. The Bertz CT molecular complexity index is 966. The number of piperazine rings is 1. The van der Waals surface area contributed by atoms with Crippen molar-refractivity contribution >= 4 is 11.8 Å². The van der Waals surface area contributed by atoms with Crippen molar-refractivity contribution in [1.82, 2.24) is 15.1 Å². The first kappa shape index (κ1) is 21.2.